The molecule has 156 valence electrons. The molecule has 1 unspecified atom stereocenters. The van der Waals surface area contributed by atoms with Crippen LogP contribution in [0.4, 0.5) is 22.9 Å². The Kier molecular flexibility index (Phi) is 6.30. The van der Waals surface area contributed by atoms with Crippen molar-refractivity contribution in [2.24, 2.45) is 0 Å². The molecule has 2 aromatic carbocycles. The largest absolute Gasteiger partial charge is 0.358 e. The fourth-order valence-corrected chi connectivity index (χ4v) is 4.56. The first-order valence-electron chi connectivity index (χ1n) is 8.82. The molecule has 0 aliphatic carbocycles. The van der Waals surface area contributed by atoms with Crippen molar-refractivity contribution in [1.29, 1.82) is 5.41 Å². The Morgan fingerprint density at radius 1 is 1.23 bits per heavy atom. The van der Waals surface area contributed by atoms with Gasteiger partial charge in [0, 0.05) is 35.3 Å². The van der Waals surface area contributed by atoms with Crippen LogP contribution < -0.4 is 10.4 Å². The van der Waals surface area contributed by atoms with Crippen LogP contribution >= 0.6 is 40.0 Å². The Balaban J connectivity index is 1.81. The Morgan fingerprint density at radius 3 is 2.74 bits per heavy atom. The van der Waals surface area contributed by atoms with Crippen LogP contribution in [0.1, 0.15) is 5.56 Å². The number of halogens is 2. The number of benzene rings is 2. The van der Waals surface area contributed by atoms with Gasteiger partial charge in [-0.25, -0.2) is 4.68 Å². The lowest BCUT2D eigenvalue weighted by Gasteiger charge is -2.13. The smallest absolute Gasteiger partial charge is 0.289 e. The molecule has 0 saturated heterocycles. The fourth-order valence-electron chi connectivity index (χ4n) is 3.11. The summed E-state index contributed by atoms with van der Waals surface area (Å²) in [6.07, 6.45) is 4.36. The lowest BCUT2D eigenvalue weighted by Crippen LogP contribution is -2.01. The summed E-state index contributed by atoms with van der Waals surface area (Å²) in [5.74, 6) is 0.524. The van der Waals surface area contributed by atoms with Gasteiger partial charge in [0.1, 0.15) is 6.20 Å². The molecule has 0 saturated carbocycles. The van der Waals surface area contributed by atoms with Crippen LogP contribution in [0.25, 0.3) is 16.6 Å². The lowest BCUT2D eigenvalue weighted by atomic mass is 10.1. The monoisotopic (exact) mass is 565 g/mol. The van der Waals surface area contributed by atoms with E-state index in [4.69, 9.17) is 17.0 Å². The van der Waals surface area contributed by atoms with Crippen LogP contribution in [0.3, 0.4) is 0 Å². The van der Waals surface area contributed by atoms with E-state index in [0.717, 1.165) is 16.6 Å². The molecule has 3 N–H and O–H groups in total. The van der Waals surface area contributed by atoms with Gasteiger partial charge in [-0.1, -0.05) is 23.7 Å². The van der Waals surface area contributed by atoms with Crippen LogP contribution in [-0.2, 0) is 0 Å². The molecule has 0 aliphatic heterocycles. The molecule has 0 aliphatic rings. The van der Waals surface area contributed by atoms with Crippen LogP contribution in [-0.4, -0.2) is 25.9 Å². The van der Waals surface area contributed by atoms with Crippen LogP contribution in [0.15, 0.2) is 54.9 Å². The number of pyridine rings is 1. The van der Waals surface area contributed by atoms with Gasteiger partial charge in [0.25, 0.3) is 5.69 Å². The molecule has 0 radical (unpaired) electrons. The van der Waals surface area contributed by atoms with Gasteiger partial charge < -0.3 is 15.8 Å². The molecule has 0 fully saturated rings. The molecule has 9 nitrogen and oxygen atoms in total. The molecule has 4 rings (SSSR count). The second kappa shape index (κ2) is 9.13. The Bertz CT molecular complexity index is 1310. The van der Waals surface area contributed by atoms with Crippen molar-refractivity contribution in [3.05, 3.63) is 75.6 Å². The van der Waals surface area contributed by atoms with Gasteiger partial charge >= 0.3 is 0 Å². The molecule has 31 heavy (non-hydrogen) atoms. The van der Waals surface area contributed by atoms with E-state index in [1.807, 2.05) is 36.4 Å². The van der Waals surface area contributed by atoms with E-state index < -0.39 is 4.92 Å². The maximum atomic E-state index is 11.2. The molecule has 1 atom stereocenters. The number of hydrogen-bond acceptors (Lipinski definition) is 7. The topological polar surface area (TPSA) is 122 Å². The molecular formula is C19H14ClIN7O2P. The maximum Gasteiger partial charge on any atom is 0.289 e. The van der Waals surface area contributed by atoms with Gasteiger partial charge in [-0.15, -0.1) is 5.10 Å². The van der Waals surface area contributed by atoms with Crippen LogP contribution in [0.5, 0.6) is 0 Å². The van der Waals surface area contributed by atoms with E-state index in [2.05, 4.69) is 42.5 Å². The van der Waals surface area contributed by atoms with Gasteiger partial charge in [0.05, 0.1) is 33.0 Å². The van der Waals surface area contributed by atoms with E-state index in [-0.39, 0.29) is 5.69 Å². The van der Waals surface area contributed by atoms with Crippen molar-refractivity contribution in [2.45, 2.75) is 0 Å². The van der Waals surface area contributed by atoms with Gasteiger partial charge in [-0.2, -0.15) is 0 Å². The Hall–Kier alpha value is -2.82. The van der Waals surface area contributed by atoms with E-state index in [0.29, 0.717) is 34.2 Å². The quantitative estimate of drug-likeness (QED) is 0.0821. The van der Waals surface area contributed by atoms with E-state index >= 15 is 0 Å². The second-order valence-corrected chi connectivity index (χ2v) is 8.75. The fraction of sp³-hybridized carbons (Fsp3) is 0. The molecule has 0 spiro atoms. The Morgan fingerprint density at radius 2 is 2.00 bits per heavy atom. The first-order chi connectivity index (χ1) is 15.0. The highest BCUT2D eigenvalue weighted by Crippen LogP contribution is 2.37. The SMILES string of the molecule is N=Cc1c(NPI)ccc(Nc2nn(-c3cncc([N+](=O)[O-])c3)c3ccccc23)c1Cl. The molecule has 12 heteroatoms. The number of anilines is 3. The molecule has 0 amide bonds. The number of nitro groups is 1. The zero-order chi connectivity index (χ0) is 22.0. The van der Waals surface area contributed by atoms with Crippen molar-refractivity contribution in [3.63, 3.8) is 0 Å². The van der Waals surface area contributed by atoms with Crippen molar-refractivity contribution >= 4 is 80.0 Å². The summed E-state index contributed by atoms with van der Waals surface area (Å²) in [7, 11) is 0. The minimum Gasteiger partial charge on any atom is -0.358 e. The highest BCUT2D eigenvalue weighted by molar-refractivity contribution is 14.2. The molecule has 0 bridgehead atoms. The van der Waals surface area contributed by atoms with Crippen molar-refractivity contribution in [2.75, 3.05) is 10.4 Å². The highest BCUT2D eigenvalue weighted by atomic mass is 127. The van der Waals surface area contributed by atoms with Crippen LogP contribution in [0, 0.1) is 15.5 Å². The third-order valence-corrected chi connectivity index (χ3v) is 6.09. The molecule has 2 heterocycles. The average molecular weight is 566 g/mol. The predicted octanol–water partition coefficient (Wildman–Crippen LogP) is 6.08. The standard InChI is InChI=1S/C19H14ClIN7O2P/c20-18-14(8-22)15(26-31-21)5-6-16(18)24-19-13-3-1-2-4-17(13)27(25-19)11-7-12(28(29)30)10-23-9-11/h1-10,22,26,31H,(H,24,25). The normalized spacial score (nSPS) is 11.2. The predicted molar refractivity (Wildman–Crippen MR) is 134 cm³/mol. The van der Waals surface area contributed by atoms with Crippen molar-refractivity contribution in [3.8, 4) is 5.69 Å². The molecular weight excluding hydrogens is 552 g/mol. The third-order valence-electron chi connectivity index (χ3n) is 4.51. The van der Waals surface area contributed by atoms with Crippen LogP contribution in [0.2, 0.25) is 5.02 Å². The summed E-state index contributed by atoms with van der Waals surface area (Å²) in [4.78, 5) is 14.6. The zero-order valence-electron chi connectivity index (χ0n) is 15.6. The van der Waals surface area contributed by atoms with Crippen molar-refractivity contribution in [1.82, 2.24) is 14.8 Å². The van der Waals surface area contributed by atoms with Gasteiger partial charge in [-0.05, 0) is 46.3 Å². The average Bonchev–Trinajstić information content (AvgIpc) is 3.15. The minimum atomic E-state index is -0.494. The van der Waals surface area contributed by atoms with E-state index in [1.165, 1.54) is 24.7 Å². The number of nitrogens with one attached hydrogen (secondary N) is 3. The molecule has 4 aromatic rings. The summed E-state index contributed by atoms with van der Waals surface area (Å²) in [5.41, 5.74) is 3.03. The lowest BCUT2D eigenvalue weighted by molar-refractivity contribution is -0.385. The van der Waals surface area contributed by atoms with Gasteiger partial charge in [0.15, 0.2) is 5.82 Å². The van der Waals surface area contributed by atoms with Crippen molar-refractivity contribution < 1.29 is 4.92 Å². The van der Waals surface area contributed by atoms with Gasteiger partial charge in [0.2, 0.25) is 0 Å². The summed E-state index contributed by atoms with van der Waals surface area (Å²) < 4.78 is 1.59. The zero-order valence-corrected chi connectivity index (χ0v) is 19.5. The number of para-hydroxylation sites is 1. The first kappa shape index (κ1) is 21.4. The number of rotatable bonds is 7. The number of aromatic nitrogens is 3. The Labute approximate surface area is 196 Å². The minimum absolute atomic E-state index is 0.121. The first-order valence-corrected chi connectivity index (χ1v) is 13.3. The third kappa shape index (κ3) is 4.18. The van der Waals surface area contributed by atoms with E-state index in [9.17, 15) is 10.1 Å². The maximum absolute atomic E-state index is 11.2. The second-order valence-electron chi connectivity index (χ2n) is 6.31. The van der Waals surface area contributed by atoms with Gasteiger partial charge in [-0.3, -0.25) is 15.1 Å². The summed E-state index contributed by atoms with van der Waals surface area (Å²) in [6, 6.07) is 12.6. The number of fused-ring (bicyclic) bond motifs is 1. The molecule has 2 aromatic heterocycles. The highest BCUT2D eigenvalue weighted by Gasteiger charge is 2.17. The summed E-state index contributed by atoms with van der Waals surface area (Å²) >= 11 is 8.77. The summed E-state index contributed by atoms with van der Waals surface area (Å²) in [5, 5.41) is 31.1. The van der Waals surface area contributed by atoms with E-state index in [1.54, 1.807) is 4.68 Å². The number of hydrogen-bond donors (Lipinski definition) is 3. The summed E-state index contributed by atoms with van der Waals surface area (Å²) in [6.45, 7) is 0. The number of nitrogens with zero attached hydrogens (tertiary/aromatic N) is 4.